The molecule has 0 bridgehead atoms. The summed E-state index contributed by atoms with van der Waals surface area (Å²) in [7, 11) is 2.90. The van der Waals surface area contributed by atoms with Gasteiger partial charge in [0.2, 0.25) is 11.5 Å². The average molecular weight is 885 g/mol. The number of rotatable bonds is 8. The van der Waals surface area contributed by atoms with E-state index in [0.29, 0.717) is 33.9 Å². The third-order valence-electron chi connectivity index (χ3n) is 10.5. The number of carbonyl (C=O) groups is 2. The Bertz CT molecular complexity index is 3240. The van der Waals surface area contributed by atoms with Gasteiger partial charge in [0.05, 0.1) is 40.5 Å². The van der Waals surface area contributed by atoms with Gasteiger partial charge < -0.3 is 34.8 Å². The van der Waals surface area contributed by atoms with Crippen molar-refractivity contribution in [3.8, 4) is 40.5 Å². The smallest absolute Gasteiger partial charge is 0.296 e. The van der Waals surface area contributed by atoms with Gasteiger partial charge in [-0.25, -0.2) is 24.3 Å². The van der Waals surface area contributed by atoms with E-state index >= 15 is 0 Å². The summed E-state index contributed by atoms with van der Waals surface area (Å²) in [6.45, 7) is 4.27. The molecule has 1 aliphatic carbocycles. The first kappa shape index (κ1) is 43.2. The van der Waals surface area contributed by atoms with Crippen LogP contribution in [0.2, 0.25) is 0 Å². The Morgan fingerprint density at radius 2 is 1.40 bits per heavy atom. The molecule has 21 heteroatoms. The van der Waals surface area contributed by atoms with Crippen molar-refractivity contribution < 1.29 is 33.6 Å². The van der Waals surface area contributed by atoms with Crippen molar-refractivity contribution in [3.05, 3.63) is 135 Å². The standard InChI is InChI=1S/C22H18N6O4.C20H17FN6O4.C2H6/c1-27-19(26-17(18(29)22(27)31)21(30)24-13-11-23-32-12-13)20-25-15-9-5-6-10-16(15)28(20)14-7-3-2-4-8-14;1-26-17(25-15(16(28)20(26)30)19(29)23-11-8-22-31-9-11)18-24-13-7-10(21)5-6-14(13)27(18)12-3-2-4-12;1-2/h2-10,12,23,29H,11H2,1H3,(H,24,30);5-9,12,28H,2-4H2,1H3,(H,23,29);1-2H3. The van der Waals surface area contributed by atoms with Gasteiger partial charge in [-0.1, -0.05) is 49.3 Å². The van der Waals surface area contributed by atoms with Gasteiger partial charge in [-0.15, -0.1) is 0 Å². The number of hydrogen-bond acceptors (Lipinski definition) is 14. The Morgan fingerprint density at radius 3 is 2.02 bits per heavy atom. The molecule has 0 atom stereocenters. The lowest BCUT2D eigenvalue weighted by Crippen LogP contribution is -2.30. The number of amides is 2. The largest absolute Gasteiger partial charge is 0.501 e. The maximum atomic E-state index is 13.8. The Hall–Kier alpha value is -8.46. The number of nitrogens with zero attached hydrogens (tertiary/aromatic N) is 9. The summed E-state index contributed by atoms with van der Waals surface area (Å²) in [4.78, 5) is 73.6. The highest BCUT2D eigenvalue weighted by Gasteiger charge is 2.30. The Morgan fingerprint density at radius 1 is 0.769 bits per heavy atom. The fraction of sp³-hybridized carbons (Fsp3) is 0.205. The summed E-state index contributed by atoms with van der Waals surface area (Å²) in [6, 6.07) is 21.4. The van der Waals surface area contributed by atoms with E-state index in [-0.39, 0.29) is 29.9 Å². The number of imidazole rings is 2. The minimum absolute atomic E-state index is 0.0850. The number of hydrogen-bond donors (Lipinski definition) is 5. The number of hydroxylamine groups is 1. The Kier molecular flexibility index (Phi) is 12.0. The van der Waals surface area contributed by atoms with Gasteiger partial charge in [0, 0.05) is 31.9 Å². The topological polar surface area (TPSA) is 251 Å². The Labute approximate surface area is 367 Å². The predicted molar refractivity (Wildman–Crippen MR) is 234 cm³/mol. The first-order chi connectivity index (χ1) is 31.5. The third kappa shape index (κ3) is 8.18. The minimum Gasteiger partial charge on any atom is -0.501 e. The number of nitrogens with one attached hydrogen (secondary N) is 3. The zero-order valence-electron chi connectivity index (χ0n) is 35.3. The molecule has 0 saturated heterocycles. The van der Waals surface area contributed by atoms with Crippen LogP contribution < -0.4 is 27.2 Å². The van der Waals surface area contributed by atoms with Crippen LogP contribution in [-0.2, 0) is 18.9 Å². The quantitative estimate of drug-likeness (QED) is 0.131. The molecule has 3 aromatic carbocycles. The van der Waals surface area contributed by atoms with Gasteiger partial charge in [0.25, 0.3) is 22.9 Å². The number of aromatic nitrogens is 9. The molecule has 5 aromatic heterocycles. The second-order valence-corrected chi connectivity index (χ2v) is 14.5. The molecule has 1 saturated carbocycles. The number of para-hydroxylation sites is 3. The van der Waals surface area contributed by atoms with E-state index in [1.54, 1.807) is 6.07 Å². The lowest BCUT2D eigenvalue weighted by atomic mass is 9.92. The molecule has 10 rings (SSSR count). The summed E-state index contributed by atoms with van der Waals surface area (Å²) in [5.41, 5.74) is 4.26. The van der Waals surface area contributed by atoms with Crippen LogP contribution in [0, 0.1) is 5.82 Å². The van der Waals surface area contributed by atoms with E-state index in [9.17, 15) is 33.8 Å². The fourth-order valence-electron chi connectivity index (χ4n) is 7.17. The molecule has 8 aromatic rings. The molecule has 1 fully saturated rings. The normalized spacial score (nSPS) is 13.2. The van der Waals surface area contributed by atoms with E-state index in [2.05, 4.69) is 45.7 Å². The zero-order valence-corrected chi connectivity index (χ0v) is 35.3. The summed E-state index contributed by atoms with van der Waals surface area (Å²) in [5, 5.41) is 29.2. The highest BCUT2D eigenvalue weighted by atomic mass is 19.1. The van der Waals surface area contributed by atoms with E-state index in [0.717, 1.165) is 35.0 Å². The SMILES string of the molecule is CC.Cn1c(-c2nc3cc(F)ccc3n2C2CCC2)nc(C(=O)Nc2cnoc2)c(O)c1=O.Cn1c(-c2nc3ccccc3n2-c2ccccc2)nc(C(=O)NC2=CONC2)c(O)c1=O. The summed E-state index contributed by atoms with van der Waals surface area (Å²) >= 11 is 0. The fourth-order valence-corrected chi connectivity index (χ4v) is 7.17. The maximum absolute atomic E-state index is 13.8. The van der Waals surface area contributed by atoms with Crippen molar-refractivity contribution in [2.45, 2.75) is 39.2 Å². The zero-order chi connectivity index (χ0) is 45.9. The van der Waals surface area contributed by atoms with Gasteiger partial charge in [0.15, 0.2) is 34.7 Å². The number of anilines is 1. The molecule has 0 spiro atoms. The minimum atomic E-state index is -0.808. The van der Waals surface area contributed by atoms with Crippen molar-refractivity contribution in [3.63, 3.8) is 0 Å². The number of benzene rings is 3. The molecule has 1 aliphatic heterocycles. The van der Waals surface area contributed by atoms with E-state index in [1.807, 2.05) is 77.6 Å². The molecule has 332 valence electrons. The lowest BCUT2D eigenvalue weighted by molar-refractivity contribution is 0.0955. The molecule has 5 N–H and O–H groups in total. The van der Waals surface area contributed by atoms with Crippen LogP contribution >= 0.6 is 0 Å². The second-order valence-electron chi connectivity index (χ2n) is 14.5. The highest BCUT2D eigenvalue weighted by Crippen LogP contribution is 2.38. The van der Waals surface area contributed by atoms with Gasteiger partial charge >= 0.3 is 0 Å². The Balaban J connectivity index is 0.000000171. The van der Waals surface area contributed by atoms with Crippen molar-refractivity contribution in [2.24, 2.45) is 14.1 Å². The number of halogens is 1. The van der Waals surface area contributed by atoms with Gasteiger partial charge in [0.1, 0.15) is 24.0 Å². The number of fused-ring (bicyclic) bond motifs is 2. The van der Waals surface area contributed by atoms with Crippen LogP contribution in [0.25, 0.3) is 51.1 Å². The molecule has 2 amide bonds. The number of carbonyl (C=O) groups excluding carboxylic acids is 2. The van der Waals surface area contributed by atoms with Crippen LogP contribution in [-0.4, -0.2) is 71.9 Å². The first-order valence-corrected chi connectivity index (χ1v) is 20.4. The third-order valence-corrected chi connectivity index (χ3v) is 10.5. The van der Waals surface area contributed by atoms with Crippen molar-refractivity contribution in [1.29, 1.82) is 0 Å². The molecule has 0 radical (unpaired) electrons. The molecule has 6 heterocycles. The summed E-state index contributed by atoms with van der Waals surface area (Å²) in [5.74, 6) is -2.62. The molecule has 65 heavy (non-hydrogen) atoms. The predicted octanol–water partition coefficient (Wildman–Crippen LogP) is 5.23. The van der Waals surface area contributed by atoms with E-state index in [4.69, 9.17) is 4.84 Å². The van der Waals surface area contributed by atoms with E-state index < -0.39 is 51.6 Å². The lowest BCUT2D eigenvalue weighted by Gasteiger charge is -2.29. The van der Waals surface area contributed by atoms with Crippen LogP contribution in [0.15, 0.2) is 111 Å². The summed E-state index contributed by atoms with van der Waals surface area (Å²) in [6.07, 6.45) is 6.64. The molecule has 2 aliphatic rings. The van der Waals surface area contributed by atoms with Crippen LogP contribution in [0.3, 0.4) is 0 Å². The maximum Gasteiger partial charge on any atom is 0.296 e. The van der Waals surface area contributed by atoms with Gasteiger partial charge in [-0.05, 0) is 55.7 Å². The van der Waals surface area contributed by atoms with Crippen LogP contribution in [0.4, 0.5) is 10.1 Å². The van der Waals surface area contributed by atoms with Crippen molar-refractivity contribution in [2.75, 3.05) is 11.9 Å². The first-order valence-electron chi connectivity index (χ1n) is 20.4. The van der Waals surface area contributed by atoms with Crippen LogP contribution in [0.5, 0.6) is 11.5 Å². The molecule has 20 nitrogen and oxygen atoms in total. The van der Waals surface area contributed by atoms with E-state index in [1.165, 1.54) is 49.5 Å². The van der Waals surface area contributed by atoms with Gasteiger partial charge in [-0.2, -0.15) is 5.48 Å². The van der Waals surface area contributed by atoms with Crippen LogP contribution in [0.1, 0.15) is 60.1 Å². The van der Waals surface area contributed by atoms with Gasteiger partial charge in [-0.3, -0.25) is 32.9 Å². The van der Waals surface area contributed by atoms with Crippen molar-refractivity contribution in [1.82, 2.24) is 54.2 Å². The molecular formula is C44H41FN12O8. The molecular weight excluding hydrogens is 844 g/mol. The monoisotopic (exact) mass is 884 g/mol. The van der Waals surface area contributed by atoms with Crippen molar-refractivity contribution >= 4 is 39.6 Å². The summed E-state index contributed by atoms with van der Waals surface area (Å²) < 4.78 is 24.5. The second kappa shape index (κ2) is 18.1. The highest BCUT2D eigenvalue weighted by molar-refractivity contribution is 6.04. The average Bonchev–Trinajstić information content (AvgIpc) is 4.14. The number of aromatic hydroxyl groups is 2. The molecule has 0 unspecified atom stereocenters.